The third-order valence-electron chi connectivity index (χ3n) is 3.25. The molecule has 0 aliphatic rings. The molecule has 0 aliphatic heterocycles. The van der Waals surface area contributed by atoms with E-state index in [9.17, 15) is 4.79 Å². The zero-order chi connectivity index (χ0) is 13.3. The van der Waals surface area contributed by atoms with Gasteiger partial charge in [-0.2, -0.15) is 0 Å². The molecule has 0 radical (unpaired) electrons. The first kappa shape index (κ1) is 13.0. The van der Waals surface area contributed by atoms with E-state index in [4.69, 9.17) is 5.11 Å². The summed E-state index contributed by atoms with van der Waals surface area (Å²) in [5.41, 5.74) is 0.973. The molecule has 2 rings (SSSR count). The highest BCUT2D eigenvalue weighted by molar-refractivity contribution is 7.18. The van der Waals surface area contributed by atoms with Gasteiger partial charge in [0.2, 0.25) is 0 Å². The van der Waals surface area contributed by atoms with Gasteiger partial charge in [-0.25, -0.2) is 4.98 Å². The van der Waals surface area contributed by atoms with Crippen LogP contribution in [0.4, 0.5) is 0 Å². The normalized spacial score (nSPS) is 14.9. The maximum Gasteiger partial charge on any atom is 0.320 e. The van der Waals surface area contributed by atoms with Crippen LogP contribution in [0.3, 0.4) is 0 Å². The van der Waals surface area contributed by atoms with Crippen molar-refractivity contribution in [3.63, 3.8) is 0 Å². The third-order valence-corrected chi connectivity index (χ3v) is 4.45. The van der Waals surface area contributed by atoms with Crippen LogP contribution in [0.5, 0.6) is 0 Å². The molecule has 0 fully saturated rings. The zero-order valence-corrected chi connectivity index (χ0v) is 11.4. The van der Waals surface area contributed by atoms with Crippen LogP contribution >= 0.6 is 11.3 Å². The summed E-state index contributed by atoms with van der Waals surface area (Å²) in [6.45, 7) is 3.67. The number of hydrogen-bond donors (Lipinski definition) is 1. The standard InChI is InChI=1S/C13H16N2O2S/c1-8(15(3)9(2)13(16)17)12-14-10-6-4-5-7-11(10)18-12/h4-9H,1-3H3,(H,16,17). The number of carbonyl (C=O) groups is 1. The van der Waals surface area contributed by atoms with Crippen molar-refractivity contribution in [2.45, 2.75) is 25.9 Å². The number of para-hydroxylation sites is 1. The number of hydrogen-bond acceptors (Lipinski definition) is 4. The Morgan fingerprint density at radius 2 is 2.06 bits per heavy atom. The van der Waals surface area contributed by atoms with E-state index < -0.39 is 12.0 Å². The molecule has 0 spiro atoms. The van der Waals surface area contributed by atoms with Crippen LogP contribution in [0.15, 0.2) is 24.3 Å². The van der Waals surface area contributed by atoms with E-state index in [1.54, 1.807) is 18.3 Å². The predicted molar refractivity (Wildman–Crippen MR) is 72.9 cm³/mol. The fourth-order valence-corrected chi connectivity index (χ4v) is 2.82. The van der Waals surface area contributed by atoms with Crippen molar-refractivity contribution < 1.29 is 9.90 Å². The van der Waals surface area contributed by atoms with Gasteiger partial charge in [0.05, 0.1) is 16.3 Å². The van der Waals surface area contributed by atoms with Crippen molar-refractivity contribution in [3.8, 4) is 0 Å². The lowest BCUT2D eigenvalue weighted by Crippen LogP contribution is -2.37. The van der Waals surface area contributed by atoms with Crippen LogP contribution in [0, 0.1) is 0 Å². The molecule has 0 saturated heterocycles. The predicted octanol–water partition coefficient (Wildman–Crippen LogP) is 2.76. The van der Waals surface area contributed by atoms with Crippen LogP contribution < -0.4 is 0 Å². The summed E-state index contributed by atoms with van der Waals surface area (Å²) in [6, 6.07) is 7.42. The van der Waals surface area contributed by atoms with Crippen molar-refractivity contribution in [2.24, 2.45) is 0 Å². The first-order valence-corrected chi connectivity index (χ1v) is 6.62. The number of benzene rings is 1. The summed E-state index contributed by atoms with van der Waals surface area (Å²) in [5.74, 6) is -0.814. The Hall–Kier alpha value is -1.46. The largest absolute Gasteiger partial charge is 0.480 e. The summed E-state index contributed by atoms with van der Waals surface area (Å²) < 4.78 is 1.13. The Morgan fingerprint density at radius 3 is 2.67 bits per heavy atom. The number of fused-ring (bicyclic) bond motifs is 1. The van der Waals surface area contributed by atoms with Crippen molar-refractivity contribution in [1.82, 2.24) is 9.88 Å². The Kier molecular flexibility index (Phi) is 3.63. The number of thiazole rings is 1. The fourth-order valence-electron chi connectivity index (χ4n) is 1.75. The Balaban J connectivity index is 2.27. The molecule has 2 unspecified atom stereocenters. The van der Waals surface area contributed by atoms with E-state index in [1.807, 2.05) is 43.1 Å². The van der Waals surface area contributed by atoms with Gasteiger partial charge in [0.15, 0.2) is 0 Å². The highest BCUT2D eigenvalue weighted by atomic mass is 32.1. The van der Waals surface area contributed by atoms with Crippen LogP contribution in [-0.4, -0.2) is 34.0 Å². The lowest BCUT2D eigenvalue weighted by Gasteiger charge is -2.26. The fraction of sp³-hybridized carbons (Fsp3) is 0.385. The molecule has 1 aromatic carbocycles. The van der Waals surface area contributed by atoms with Gasteiger partial charge in [-0.05, 0) is 33.0 Å². The van der Waals surface area contributed by atoms with Gasteiger partial charge < -0.3 is 5.11 Å². The molecular formula is C13H16N2O2S. The summed E-state index contributed by atoms with van der Waals surface area (Å²) in [4.78, 5) is 17.4. The van der Waals surface area contributed by atoms with Crippen molar-refractivity contribution >= 4 is 27.5 Å². The highest BCUT2D eigenvalue weighted by Crippen LogP contribution is 2.29. The Labute approximate surface area is 110 Å². The SMILES string of the molecule is CC(C(=O)O)N(C)C(C)c1nc2ccccc2s1. The van der Waals surface area contributed by atoms with Crippen molar-refractivity contribution in [1.29, 1.82) is 0 Å². The molecular weight excluding hydrogens is 248 g/mol. The molecule has 18 heavy (non-hydrogen) atoms. The van der Waals surface area contributed by atoms with E-state index in [-0.39, 0.29) is 6.04 Å². The van der Waals surface area contributed by atoms with Crippen molar-refractivity contribution in [3.05, 3.63) is 29.3 Å². The van der Waals surface area contributed by atoms with Gasteiger partial charge in [0, 0.05) is 0 Å². The van der Waals surface area contributed by atoms with Gasteiger partial charge in [0.1, 0.15) is 11.0 Å². The summed E-state index contributed by atoms with van der Waals surface area (Å²) in [6.07, 6.45) is 0. The summed E-state index contributed by atoms with van der Waals surface area (Å²) >= 11 is 1.62. The van der Waals surface area contributed by atoms with Crippen LogP contribution in [0.1, 0.15) is 24.9 Å². The number of rotatable bonds is 4. The number of carboxylic acid groups (broad SMARTS) is 1. The summed E-state index contributed by atoms with van der Waals surface area (Å²) in [5, 5.41) is 9.98. The molecule has 2 atom stereocenters. The van der Waals surface area contributed by atoms with Crippen LogP contribution in [0.2, 0.25) is 0 Å². The van der Waals surface area contributed by atoms with E-state index >= 15 is 0 Å². The number of aliphatic carboxylic acids is 1. The van der Waals surface area contributed by atoms with E-state index in [0.717, 1.165) is 15.2 Å². The van der Waals surface area contributed by atoms with Crippen LogP contribution in [-0.2, 0) is 4.79 Å². The molecule has 1 N–H and O–H groups in total. The number of likely N-dealkylation sites (N-methyl/N-ethyl adjacent to an activating group) is 1. The Bertz CT molecular complexity index is 534. The monoisotopic (exact) mass is 264 g/mol. The molecule has 96 valence electrons. The second kappa shape index (κ2) is 5.04. The van der Waals surface area contributed by atoms with Gasteiger partial charge in [0.25, 0.3) is 0 Å². The third kappa shape index (κ3) is 2.37. The molecule has 1 heterocycles. The van der Waals surface area contributed by atoms with Gasteiger partial charge in [-0.3, -0.25) is 9.69 Å². The minimum absolute atomic E-state index is 0.00602. The molecule has 4 nitrogen and oxygen atoms in total. The van der Waals surface area contributed by atoms with E-state index in [0.29, 0.717) is 0 Å². The molecule has 0 amide bonds. The zero-order valence-electron chi connectivity index (χ0n) is 10.6. The minimum atomic E-state index is -0.814. The van der Waals surface area contributed by atoms with E-state index in [2.05, 4.69) is 4.98 Å². The lowest BCUT2D eigenvalue weighted by molar-refractivity contribution is -0.142. The van der Waals surface area contributed by atoms with Crippen LogP contribution in [0.25, 0.3) is 10.2 Å². The smallest absolute Gasteiger partial charge is 0.320 e. The molecule has 5 heteroatoms. The molecule has 0 saturated carbocycles. The van der Waals surface area contributed by atoms with Gasteiger partial charge in [-0.1, -0.05) is 12.1 Å². The maximum atomic E-state index is 11.0. The molecule has 0 aliphatic carbocycles. The minimum Gasteiger partial charge on any atom is -0.480 e. The number of aromatic nitrogens is 1. The first-order chi connectivity index (χ1) is 8.50. The Morgan fingerprint density at radius 1 is 1.39 bits per heavy atom. The quantitative estimate of drug-likeness (QED) is 0.922. The highest BCUT2D eigenvalue weighted by Gasteiger charge is 2.24. The second-order valence-electron chi connectivity index (χ2n) is 4.38. The van der Waals surface area contributed by atoms with Gasteiger partial charge in [-0.15, -0.1) is 11.3 Å². The molecule has 0 bridgehead atoms. The second-order valence-corrected chi connectivity index (χ2v) is 5.44. The number of carboxylic acids is 1. The van der Waals surface area contributed by atoms with Crippen molar-refractivity contribution in [2.75, 3.05) is 7.05 Å². The first-order valence-electron chi connectivity index (χ1n) is 5.81. The average molecular weight is 264 g/mol. The van der Waals surface area contributed by atoms with E-state index in [1.165, 1.54) is 0 Å². The van der Waals surface area contributed by atoms with Gasteiger partial charge >= 0.3 is 5.97 Å². The lowest BCUT2D eigenvalue weighted by atomic mass is 10.2. The summed E-state index contributed by atoms with van der Waals surface area (Å²) in [7, 11) is 1.82. The average Bonchev–Trinajstić information content (AvgIpc) is 2.79. The molecule has 1 aromatic heterocycles. The topological polar surface area (TPSA) is 53.4 Å². The number of nitrogens with zero attached hydrogens (tertiary/aromatic N) is 2. The maximum absolute atomic E-state index is 11.0. The molecule has 2 aromatic rings.